The molecule has 2 rings (SSSR count). The normalized spacial score (nSPS) is 26.1. The number of hydrogen-bond donors (Lipinski definition) is 1. The zero-order valence-corrected chi connectivity index (χ0v) is 10.7. The first-order valence-electron chi connectivity index (χ1n) is 5.76. The van der Waals surface area contributed by atoms with Crippen LogP contribution < -0.4 is 5.32 Å². The third kappa shape index (κ3) is 2.92. The van der Waals surface area contributed by atoms with Crippen LogP contribution in [0.5, 0.6) is 0 Å². The van der Waals surface area contributed by atoms with E-state index >= 15 is 0 Å². The van der Waals surface area contributed by atoms with Crippen molar-refractivity contribution in [2.24, 2.45) is 0 Å². The summed E-state index contributed by atoms with van der Waals surface area (Å²) in [5.74, 6) is 0. The number of carbonyl (C=O) groups excluding carboxylic acids is 1. The second kappa shape index (κ2) is 5.60. The molecule has 16 heavy (non-hydrogen) atoms. The first-order valence-corrected chi connectivity index (χ1v) is 6.55. The predicted octanol–water partition coefficient (Wildman–Crippen LogP) is 3.22. The molecule has 3 heteroatoms. The quantitative estimate of drug-likeness (QED) is 0.844. The summed E-state index contributed by atoms with van der Waals surface area (Å²) >= 11 is 3.48. The van der Waals surface area contributed by atoms with Crippen LogP contribution in [0.1, 0.15) is 37.3 Å². The smallest absolute Gasteiger partial charge is 0.136 e. The van der Waals surface area contributed by atoms with E-state index in [1.54, 1.807) is 0 Å². The van der Waals surface area contributed by atoms with Crippen molar-refractivity contribution in [2.75, 3.05) is 0 Å². The maximum Gasteiger partial charge on any atom is 0.136 e. The molecule has 0 radical (unpaired) electrons. The number of aldehydes is 1. The van der Waals surface area contributed by atoms with Gasteiger partial charge in [-0.15, -0.1) is 0 Å². The molecule has 2 nitrogen and oxygen atoms in total. The van der Waals surface area contributed by atoms with E-state index in [9.17, 15) is 4.79 Å². The Morgan fingerprint density at radius 2 is 2.12 bits per heavy atom. The molecule has 0 aromatic heterocycles. The van der Waals surface area contributed by atoms with E-state index in [0.717, 1.165) is 30.0 Å². The molecule has 1 fully saturated rings. The summed E-state index contributed by atoms with van der Waals surface area (Å²) in [6.07, 6.45) is 5.44. The van der Waals surface area contributed by atoms with Crippen molar-refractivity contribution in [2.45, 2.75) is 37.8 Å². The van der Waals surface area contributed by atoms with Crippen LogP contribution in [0.3, 0.4) is 0 Å². The predicted molar refractivity (Wildman–Crippen MR) is 68.3 cm³/mol. The van der Waals surface area contributed by atoms with E-state index in [-0.39, 0.29) is 6.04 Å². The standard InChI is InChI=1S/C13H16BrNO/c14-11-5-3-4-10(8-11)13-7-2-1-6-12(9-16)15-13/h3-5,8-9,12-13,15H,1-2,6-7H2. The lowest BCUT2D eigenvalue weighted by Gasteiger charge is -2.19. The molecule has 86 valence electrons. The van der Waals surface area contributed by atoms with E-state index in [4.69, 9.17) is 0 Å². The molecule has 1 aromatic rings. The van der Waals surface area contributed by atoms with Gasteiger partial charge in [-0.2, -0.15) is 0 Å². The SMILES string of the molecule is O=CC1CCCCC(c2cccc(Br)c2)N1. The highest BCUT2D eigenvalue weighted by molar-refractivity contribution is 9.10. The van der Waals surface area contributed by atoms with Crippen molar-refractivity contribution in [3.05, 3.63) is 34.3 Å². The van der Waals surface area contributed by atoms with Crippen LogP contribution in [-0.4, -0.2) is 12.3 Å². The molecule has 0 aliphatic carbocycles. The number of carbonyl (C=O) groups is 1. The summed E-state index contributed by atoms with van der Waals surface area (Å²) in [6.45, 7) is 0. The van der Waals surface area contributed by atoms with Crippen LogP contribution in [-0.2, 0) is 4.79 Å². The van der Waals surface area contributed by atoms with E-state index in [1.807, 2.05) is 12.1 Å². The van der Waals surface area contributed by atoms with Gasteiger partial charge in [0.25, 0.3) is 0 Å². The van der Waals surface area contributed by atoms with Crippen molar-refractivity contribution in [3.8, 4) is 0 Å². The summed E-state index contributed by atoms with van der Waals surface area (Å²) < 4.78 is 1.10. The minimum Gasteiger partial charge on any atom is -0.302 e. The van der Waals surface area contributed by atoms with Gasteiger partial charge in [-0.25, -0.2) is 0 Å². The molecule has 1 aliphatic heterocycles. The average Bonchev–Trinajstić information content (AvgIpc) is 2.54. The fraction of sp³-hybridized carbons (Fsp3) is 0.462. The molecular weight excluding hydrogens is 266 g/mol. The molecule has 2 atom stereocenters. The molecular formula is C13H16BrNO. The lowest BCUT2D eigenvalue weighted by molar-refractivity contribution is -0.109. The maximum absolute atomic E-state index is 10.9. The van der Waals surface area contributed by atoms with Gasteiger partial charge in [-0.3, -0.25) is 0 Å². The highest BCUT2D eigenvalue weighted by Gasteiger charge is 2.19. The average molecular weight is 282 g/mol. The van der Waals surface area contributed by atoms with Crippen LogP contribution in [0.4, 0.5) is 0 Å². The Hall–Kier alpha value is -0.670. The van der Waals surface area contributed by atoms with Crippen LogP contribution >= 0.6 is 15.9 Å². The minimum atomic E-state index is 0.0199. The maximum atomic E-state index is 10.9. The van der Waals surface area contributed by atoms with E-state index < -0.39 is 0 Å². The molecule has 1 heterocycles. The topological polar surface area (TPSA) is 29.1 Å². The molecule has 0 saturated carbocycles. The summed E-state index contributed by atoms with van der Waals surface area (Å²) in [5.41, 5.74) is 1.27. The summed E-state index contributed by atoms with van der Waals surface area (Å²) in [5, 5.41) is 3.42. The number of rotatable bonds is 2. The lowest BCUT2D eigenvalue weighted by atomic mass is 10.0. The van der Waals surface area contributed by atoms with E-state index in [0.29, 0.717) is 6.04 Å². The van der Waals surface area contributed by atoms with Gasteiger partial charge < -0.3 is 10.1 Å². The zero-order valence-electron chi connectivity index (χ0n) is 9.16. The monoisotopic (exact) mass is 281 g/mol. The zero-order chi connectivity index (χ0) is 11.4. The fourth-order valence-corrected chi connectivity index (χ4v) is 2.65. The Morgan fingerprint density at radius 1 is 1.31 bits per heavy atom. The summed E-state index contributed by atoms with van der Waals surface area (Å²) in [4.78, 5) is 10.9. The molecule has 1 saturated heterocycles. The van der Waals surface area contributed by atoms with E-state index in [1.165, 1.54) is 12.0 Å². The Labute approximate surface area is 105 Å². The number of benzene rings is 1. The molecule has 0 spiro atoms. The Kier molecular flexibility index (Phi) is 4.13. The van der Waals surface area contributed by atoms with Gasteiger partial charge in [-0.05, 0) is 30.5 Å². The van der Waals surface area contributed by atoms with Crippen molar-refractivity contribution in [1.82, 2.24) is 5.32 Å². The third-order valence-corrected chi connectivity index (χ3v) is 3.58. The van der Waals surface area contributed by atoms with Crippen LogP contribution in [0, 0.1) is 0 Å². The number of nitrogens with one attached hydrogen (secondary N) is 1. The Morgan fingerprint density at radius 3 is 2.88 bits per heavy atom. The lowest BCUT2D eigenvalue weighted by Crippen LogP contribution is -2.32. The molecule has 1 aromatic carbocycles. The second-order valence-electron chi connectivity index (χ2n) is 4.30. The van der Waals surface area contributed by atoms with Gasteiger partial charge in [-0.1, -0.05) is 40.9 Å². The van der Waals surface area contributed by atoms with Crippen LogP contribution in [0.25, 0.3) is 0 Å². The largest absolute Gasteiger partial charge is 0.302 e. The van der Waals surface area contributed by atoms with Gasteiger partial charge >= 0.3 is 0 Å². The highest BCUT2D eigenvalue weighted by atomic mass is 79.9. The van der Waals surface area contributed by atoms with Crippen molar-refractivity contribution in [3.63, 3.8) is 0 Å². The Balaban J connectivity index is 2.15. The first kappa shape index (κ1) is 11.8. The number of hydrogen-bond acceptors (Lipinski definition) is 2. The number of halogens is 1. The molecule has 1 N–H and O–H groups in total. The van der Waals surface area contributed by atoms with Crippen molar-refractivity contribution < 1.29 is 4.79 Å². The first-order chi connectivity index (χ1) is 7.79. The summed E-state index contributed by atoms with van der Waals surface area (Å²) in [6, 6.07) is 8.65. The van der Waals surface area contributed by atoms with Crippen molar-refractivity contribution >= 4 is 22.2 Å². The molecule has 0 bridgehead atoms. The molecule has 2 unspecified atom stereocenters. The van der Waals surface area contributed by atoms with Crippen LogP contribution in [0.2, 0.25) is 0 Å². The fourth-order valence-electron chi connectivity index (χ4n) is 2.23. The molecule has 1 aliphatic rings. The summed E-state index contributed by atoms with van der Waals surface area (Å²) in [7, 11) is 0. The van der Waals surface area contributed by atoms with E-state index in [2.05, 4.69) is 33.4 Å². The van der Waals surface area contributed by atoms with Gasteiger partial charge in [0.05, 0.1) is 6.04 Å². The minimum absolute atomic E-state index is 0.0199. The van der Waals surface area contributed by atoms with Crippen molar-refractivity contribution in [1.29, 1.82) is 0 Å². The third-order valence-electron chi connectivity index (χ3n) is 3.09. The van der Waals surface area contributed by atoms with Gasteiger partial charge in [0.15, 0.2) is 0 Å². The highest BCUT2D eigenvalue weighted by Crippen LogP contribution is 2.26. The molecule has 0 amide bonds. The van der Waals surface area contributed by atoms with Gasteiger partial charge in [0.1, 0.15) is 6.29 Å². The Bertz CT molecular complexity index is 367. The van der Waals surface area contributed by atoms with Crippen LogP contribution in [0.15, 0.2) is 28.7 Å². The van der Waals surface area contributed by atoms with Gasteiger partial charge in [0, 0.05) is 10.5 Å². The van der Waals surface area contributed by atoms with Gasteiger partial charge in [0.2, 0.25) is 0 Å². The second-order valence-corrected chi connectivity index (χ2v) is 5.22.